The Bertz CT molecular complexity index is 1260. The zero-order valence-electron chi connectivity index (χ0n) is 17.8. The van der Waals surface area contributed by atoms with Gasteiger partial charge in [0.1, 0.15) is 10.6 Å². The number of hydrogen-bond donors (Lipinski definition) is 1. The number of halogens is 1. The van der Waals surface area contributed by atoms with E-state index in [-0.39, 0.29) is 22.3 Å². The molecule has 0 atom stereocenters. The van der Waals surface area contributed by atoms with Gasteiger partial charge in [0, 0.05) is 9.13 Å². The molecule has 10 heteroatoms. The van der Waals surface area contributed by atoms with Crippen LogP contribution >= 0.6 is 22.6 Å². The van der Waals surface area contributed by atoms with Crippen LogP contribution in [0.4, 0.5) is 0 Å². The van der Waals surface area contributed by atoms with Crippen LogP contribution in [0.5, 0.6) is 17.2 Å². The predicted molar refractivity (Wildman–Crippen MR) is 133 cm³/mol. The van der Waals surface area contributed by atoms with Gasteiger partial charge in [0.15, 0.2) is 11.5 Å². The molecule has 3 aromatic carbocycles. The van der Waals surface area contributed by atoms with Crippen molar-refractivity contribution in [3.63, 3.8) is 0 Å². The van der Waals surface area contributed by atoms with Crippen molar-refractivity contribution in [2.24, 2.45) is 5.10 Å². The highest BCUT2D eigenvalue weighted by Gasteiger charge is 2.19. The summed E-state index contributed by atoms with van der Waals surface area (Å²) in [7, 11) is -2.59. The number of amides is 1. The molecule has 1 N–H and O–H groups in total. The van der Waals surface area contributed by atoms with E-state index in [1.165, 1.54) is 43.7 Å². The Hall–Kier alpha value is -3.12. The van der Waals surface area contributed by atoms with Crippen molar-refractivity contribution in [1.82, 2.24) is 5.43 Å². The number of hydrazone groups is 1. The fourth-order valence-electron chi connectivity index (χ4n) is 2.71. The van der Waals surface area contributed by atoms with Crippen molar-refractivity contribution in [2.45, 2.75) is 11.8 Å². The van der Waals surface area contributed by atoms with Crippen molar-refractivity contribution in [3.05, 3.63) is 81.4 Å². The molecule has 0 aromatic heterocycles. The van der Waals surface area contributed by atoms with E-state index < -0.39 is 10.1 Å². The minimum atomic E-state index is -4.08. The molecule has 0 heterocycles. The van der Waals surface area contributed by atoms with Crippen molar-refractivity contribution >= 4 is 44.8 Å². The van der Waals surface area contributed by atoms with Crippen molar-refractivity contribution in [1.29, 1.82) is 0 Å². The quantitative estimate of drug-likeness (QED) is 0.176. The Morgan fingerprint density at radius 2 is 1.82 bits per heavy atom. The number of methoxy groups -OCH3 is 1. The molecule has 8 nitrogen and oxygen atoms in total. The number of hydrogen-bond acceptors (Lipinski definition) is 7. The molecular formula is C23H21IN2O6S. The molecule has 3 rings (SSSR count). The first kappa shape index (κ1) is 24.5. The molecule has 0 spiro atoms. The SMILES string of the molecule is CCOc1cc(/C=N\NC(=O)c2cccc(I)c2)ccc1OS(=O)(=O)c1ccc(OC)cc1. The van der Waals surface area contributed by atoms with E-state index in [1.54, 1.807) is 37.3 Å². The summed E-state index contributed by atoms with van der Waals surface area (Å²) in [5.41, 5.74) is 3.53. The topological polar surface area (TPSA) is 103 Å². The summed E-state index contributed by atoms with van der Waals surface area (Å²) in [5.74, 6) is 0.442. The van der Waals surface area contributed by atoms with E-state index in [1.807, 2.05) is 6.07 Å². The van der Waals surface area contributed by atoms with Gasteiger partial charge in [-0.05, 0) is 95.7 Å². The Morgan fingerprint density at radius 3 is 2.48 bits per heavy atom. The number of carbonyl (C=O) groups is 1. The van der Waals surface area contributed by atoms with Crippen LogP contribution in [0, 0.1) is 3.57 Å². The van der Waals surface area contributed by atoms with Gasteiger partial charge in [-0.25, -0.2) is 5.43 Å². The molecule has 0 fully saturated rings. The van der Waals surface area contributed by atoms with Crippen LogP contribution in [0.3, 0.4) is 0 Å². The lowest BCUT2D eigenvalue weighted by Crippen LogP contribution is -2.17. The Labute approximate surface area is 205 Å². The fourth-order valence-corrected chi connectivity index (χ4v) is 4.19. The first-order valence-electron chi connectivity index (χ1n) is 9.76. The predicted octanol–water partition coefficient (Wildman–Crippen LogP) is 4.23. The van der Waals surface area contributed by atoms with Crippen molar-refractivity contribution in [3.8, 4) is 17.2 Å². The van der Waals surface area contributed by atoms with Gasteiger partial charge in [-0.1, -0.05) is 6.07 Å². The van der Waals surface area contributed by atoms with Gasteiger partial charge < -0.3 is 13.7 Å². The highest BCUT2D eigenvalue weighted by Crippen LogP contribution is 2.31. The second-order valence-electron chi connectivity index (χ2n) is 6.56. The average Bonchev–Trinajstić information content (AvgIpc) is 2.80. The van der Waals surface area contributed by atoms with E-state index in [9.17, 15) is 13.2 Å². The number of nitrogens with zero attached hydrogens (tertiary/aromatic N) is 1. The average molecular weight is 580 g/mol. The van der Waals surface area contributed by atoms with Gasteiger partial charge in [-0.15, -0.1) is 0 Å². The Kier molecular flexibility index (Phi) is 8.28. The highest BCUT2D eigenvalue weighted by atomic mass is 127. The fraction of sp³-hybridized carbons (Fsp3) is 0.130. The summed E-state index contributed by atoms with van der Waals surface area (Å²) in [6, 6.07) is 17.6. The van der Waals surface area contributed by atoms with Crippen LogP contribution in [-0.4, -0.2) is 34.3 Å². The van der Waals surface area contributed by atoms with E-state index in [2.05, 4.69) is 33.1 Å². The summed E-state index contributed by atoms with van der Waals surface area (Å²) < 4.78 is 42.1. The van der Waals surface area contributed by atoms with Gasteiger partial charge in [0.2, 0.25) is 0 Å². The summed E-state index contributed by atoms with van der Waals surface area (Å²) in [6.45, 7) is 2.06. The number of nitrogens with one attached hydrogen (secondary N) is 1. The molecule has 0 radical (unpaired) electrons. The minimum Gasteiger partial charge on any atom is -0.497 e. The molecule has 0 saturated heterocycles. The summed E-state index contributed by atoms with van der Waals surface area (Å²) in [4.78, 5) is 12.2. The highest BCUT2D eigenvalue weighted by molar-refractivity contribution is 14.1. The molecule has 0 saturated carbocycles. The standard InChI is InChI=1S/C23H21IN2O6S/c1-3-31-22-13-16(15-25-26-23(27)17-5-4-6-18(24)14-17)7-12-21(22)32-33(28,29)20-10-8-19(30-2)9-11-20/h4-15H,3H2,1-2H3,(H,26,27)/b25-15-. The second kappa shape index (κ2) is 11.1. The third-order valence-corrected chi connectivity index (χ3v) is 6.20. The van der Waals surface area contributed by atoms with E-state index in [0.717, 1.165) is 3.57 Å². The lowest BCUT2D eigenvalue weighted by atomic mass is 10.2. The monoisotopic (exact) mass is 580 g/mol. The maximum absolute atomic E-state index is 12.7. The van der Waals surface area contributed by atoms with Crippen molar-refractivity contribution in [2.75, 3.05) is 13.7 Å². The summed E-state index contributed by atoms with van der Waals surface area (Å²) in [6.07, 6.45) is 1.43. The lowest BCUT2D eigenvalue weighted by Gasteiger charge is -2.12. The summed E-state index contributed by atoms with van der Waals surface area (Å²) in [5, 5.41) is 3.96. The molecule has 0 aliphatic carbocycles. The molecule has 33 heavy (non-hydrogen) atoms. The molecule has 0 aliphatic rings. The number of carbonyl (C=O) groups excluding carboxylic acids is 1. The van der Waals surface area contributed by atoms with E-state index in [0.29, 0.717) is 23.5 Å². The minimum absolute atomic E-state index is 0.0188. The van der Waals surface area contributed by atoms with Gasteiger partial charge >= 0.3 is 10.1 Å². The number of ether oxygens (including phenoxy) is 2. The molecule has 1 amide bonds. The van der Waals surface area contributed by atoms with Crippen LogP contribution in [0.15, 0.2) is 76.7 Å². The van der Waals surface area contributed by atoms with Gasteiger partial charge in [0.25, 0.3) is 5.91 Å². The molecule has 0 aliphatic heterocycles. The van der Waals surface area contributed by atoms with Crippen LogP contribution in [-0.2, 0) is 10.1 Å². The summed E-state index contributed by atoms with van der Waals surface area (Å²) >= 11 is 2.12. The van der Waals surface area contributed by atoms with Gasteiger partial charge in [-0.3, -0.25) is 4.79 Å². The van der Waals surface area contributed by atoms with Gasteiger partial charge in [-0.2, -0.15) is 13.5 Å². The normalized spacial score (nSPS) is 11.2. The maximum Gasteiger partial charge on any atom is 0.339 e. The number of benzene rings is 3. The molecule has 0 unspecified atom stereocenters. The van der Waals surface area contributed by atoms with Crippen LogP contribution in [0.1, 0.15) is 22.8 Å². The number of rotatable bonds is 9. The largest absolute Gasteiger partial charge is 0.497 e. The molecule has 0 bridgehead atoms. The Morgan fingerprint density at radius 1 is 1.06 bits per heavy atom. The third kappa shape index (κ3) is 6.68. The lowest BCUT2D eigenvalue weighted by molar-refractivity contribution is 0.0955. The first-order valence-corrected chi connectivity index (χ1v) is 12.3. The maximum atomic E-state index is 12.7. The van der Waals surface area contributed by atoms with Crippen LogP contribution in [0.25, 0.3) is 0 Å². The molecule has 3 aromatic rings. The van der Waals surface area contributed by atoms with Crippen LogP contribution < -0.4 is 19.1 Å². The molecular weight excluding hydrogens is 559 g/mol. The van der Waals surface area contributed by atoms with Crippen LogP contribution in [0.2, 0.25) is 0 Å². The zero-order valence-corrected chi connectivity index (χ0v) is 20.8. The third-order valence-electron chi connectivity index (χ3n) is 4.28. The molecule has 172 valence electrons. The zero-order chi connectivity index (χ0) is 23.8. The van der Waals surface area contributed by atoms with Gasteiger partial charge in [0.05, 0.1) is 19.9 Å². The van der Waals surface area contributed by atoms with E-state index in [4.69, 9.17) is 13.7 Å². The van der Waals surface area contributed by atoms with Crippen molar-refractivity contribution < 1.29 is 26.9 Å². The first-order chi connectivity index (χ1) is 15.8. The second-order valence-corrected chi connectivity index (χ2v) is 9.35. The van der Waals surface area contributed by atoms with E-state index >= 15 is 0 Å². The Balaban J connectivity index is 1.75. The smallest absolute Gasteiger partial charge is 0.339 e.